The van der Waals surface area contributed by atoms with Crippen LogP contribution in [0.25, 0.3) is 28.4 Å². The summed E-state index contributed by atoms with van der Waals surface area (Å²) in [4.78, 5) is 25.4. The fourth-order valence-electron chi connectivity index (χ4n) is 3.49. The largest absolute Gasteiger partial charge is 0.495 e. The van der Waals surface area contributed by atoms with E-state index in [1.807, 2.05) is 18.2 Å². The fourth-order valence-corrected chi connectivity index (χ4v) is 4.07. The van der Waals surface area contributed by atoms with Gasteiger partial charge in [0.25, 0.3) is 5.91 Å². The molecule has 33 heavy (non-hydrogen) atoms. The first-order valence-electron chi connectivity index (χ1n) is 9.85. The van der Waals surface area contributed by atoms with Crippen LogP contribution in [0.15, 0.2) is 71.5 Å². The number of para-hydroxylation sites is 3. The number of halogens is 2. The minimum Gasteiger partial charge on any atom is -0.495 e. The second-order valence-corrected chi connectivity index (χ2v) is 8.23. The van der Waals surface area contributed by atoms with E-state index in [1.54, 1.807) is 60.5 Å². The number of fused-ring (bicyclic) bond motifs is 1. The van der Waals surface area contributed by atoms with E-state index < -0.39 is 0 Å². The molecule has 164 valence electrons. The van der Waals surface area contributed by atoms with Crippen LogP contribution in [0.5, 0.6) is 5.75 Å². The van der Waals surface area contributed by atoms with Crippen molar-refractivity contribution in [2.45, 2.75) is 0 Å². The summed E-state index contributed by atoms with van der Waals surface area (Å²) >= 11 is 9.76. The first-order chi connectivity index (χ1) is 16.0. The number of nitrogens with zero attached hydrogens (tertiary/aromatic N) is 4. The number of hydrogen-bond donors (Lipinski definition) is 2. The van der Waals surface area contributed by atoms with Crippen LogP contribution in [0.4, 0.5) is 5.69 Å². The maximum absolute atomic E-state index is 13.1. The molecule has 2 N–H and O–H groups in total. The summed E-state index contributed by atoms with van der Waals surface area (Å²) in [6, 6.07) is 17.9. The normalized spacial score (nSPS) is 11.0. The van der Waals surface area contributed by atoms with Gasteiger partial charge in [-0.3, -0.25) is 4.79 Å². The summed E-state index contributed by atoms with van der Waals surface area (Å²) in [5.74, 6) is 1.25. The van der Waals surface area contributed by atoms with E-state index in [0.717, 1.165) is 0 Å². The molecule has 2 aromatic carbocycles. The molecule has 0 atom stereocenters. The maximum atomic E-state index is 13.1. The van der Waals surface area contributed by atoms with Crippen LogP contribution >= 0.6 is 27.5 Å². The highest BCUT2D eigenvalue weighted by Crippen LogP contribution is 2.30. The third-order valence-corrected chi connectivity index (χ3v) is 5.66. The molecule has 0 saturated carbocycles. The zero-order valence-corrected chi connectivity index (χ0v) is 19.6. The third-order valence-electron chi connectivity index (χ3n) is 4.97. The summed E-state index contributed by atoms with van der Waals surface area (Å²) < 4.78 is 7.52. The van der Waals surface area contributed by atoms with Crippen molar-refractivity contribution >= 4 is 50.2 Å². The van der Waals surface area contributed by atoms with Crippen LogP contribution in [-0.4, -0.2) is 37.7 Å². The average molecular weight is 524 g/mol. The number of methoxy groups -OCH3 is 1. The number of pyridine rings is 1. The Bertz CT molecular complexity index is 1500. The topological polar surface area (TPSA) is 97.7 Å². The summed E-state index contributed by atoms with van der Waals surface area (Å²) in [5, 5.41) is 7.80. The molecule has 8 nitrogen and oxygen atoms in total. The lowest BCUT2D eigenvalue weighted by Crippen LogP contribution is -2.13. The van der Waals surface area contributed by atoms with Gasteiger partial charge in [-0.15, -0.1) is 0 Å². The van der Waals surface area contributed by atoms with Crippen molar-refractivity contribution in [1.29, 1.82) is 0 Å². The summed E-state index contributed by atoms with van der Waals surface area (Å²) in [7, 11) is 1.56. The number of H-pyrrole nitrogens is 1. The van der Waals surface area contributed by atoms with Gasteiger partial charge in [-0.2, -0.15) is 5.10 Å². The molecule has 0 radical (unpaired) electrons. The van der Waals surface area contributed by atoms with Gasteiger partial charge in [-0.25, -0.2) is 14.6 Å². The Balaban J connectivity index is 1.57. The number of carbonyl (C=O) groups excluding carboxylic acids is 1. The molecule has 5 rings (SSSR count). The van der Waals surface area contributed by atoms with Gasteiger partial charge in [-0.1, -0.05) is 29.8 Å². The quantitative estimate of drug-likeness (QED) is 0.318. The molecule has 1 amide bonds. The molecule has 3 heterocycles. The number of amides is 1. The Morgan fingerprint density at radius 2 is 2.00 bits per heavy atom. The van der Waals surface area contributed by atoms with Gasteiger partial charge in [0.2, 0.25) is 0 Å². The predicted molar refractivity (Wildman–Crippen MR) is 130 cm³/mol. The summed E-state index contributed by atoms with van der Waals surface area (Å²) in [6.07, 6.45) is 1.64. The molecule has 0 aliphatic carbocycles. The molecule has 3 aromatic heterocycles. The van der Waals surface area contributed by atoms with Crippen molar-refractivity contribution in [3.05, 3.63) is 82.0 Å². The first-order valence-corrected chi connectivity index (χ1v) is 11.0. The second-order valence-electron chi connectivity index (χ2n) is 7.01. The molecule has 0 saturated heterocycles. The van der Waals surface area contributed by atoms with Crippen LogP contribution in [-0.2, 0) is 0 Å². The highest BCUT2D eigenvalue weighted by Gasteiger charge is 2.20. The number of imidazole rings is 1. The number of aromatic amines is 1. The van der Waals surface area contributed by atoms with E-state index in [1.165, 1.54) is 0 Å². The van der Waals surface area contributed by atoms with E-state index in [9.17, 15) is 4.79 Å². The molecule has 0 aliphatic heterocycles. The summed E-state index contributed by atoms with van der Waals surface area (Å²) in [5.41, 5.74) is 2.85. The molecule has 0 fully saturated rings. The standard InChI is InChI=1S/C23H16BrClN6O2/c1-33-18-10-3-2-8-15(18)28-23(32)13-6-4-9-16-20(13)29-21(27-16)17-12-19(24)30-31(17)22-14(25)7-5-11-26-22/h2-12H,1H3,(H,27,29)(H,28,32). The monoisotopic (exact) mass is 522 g/mol. The van der Waals surface area contributed by atoms with Crippen LogP contribution < -0.4 is 10.1 Å². The van der Waals surface area contributed by atoms with E-state index in [0.29, 0.717) is 55.0 Å². The molecule has 0 bridgehead atoms. The van der Waals surface area contributed by atoms with Gasteiger partial charge in [0, 0.05) is 12.3 Å². The Morgan fingerprint density at radius 3 is 2.82 bits per heavy atom. The van der Waals surface area contributed by atoms with Gasteiger partial charge in [0.15, 0.2) is 11.6 Å². The minimum absolute atomic E-state index is 0.300. The number of ether oxygens (including phenoxy) is 1. The molecule has 5 aromatic rings. The highest BCUT2D eigenvalue weighted by atomic mass is 79.9. The van der Waals surface area contributed by atoms with Gasteiger partial charge >= 0.3 is 0 Å². The lowest BCUT2D eigenvalue weighted by atomic mass is 10.1. The number of benzene rings is 2. The molecular formula is C23H16BrClN6O2. The van der Waals surface area contributed by atoms with Crippen molar-refractivity contribution in [3.63, 3.8) is 0 Å². The highest BCUT2D eigenvalue weighted by molar-refractivity contribution is 9.10. The van der Waals surface area contributed by atoms with E-state index in [2.05, 4.69) is 36.3 Å². The lowest BCUT2D eigenvalue weighted by molar-refractivity contribution is 0.102. The zero-order valence-electron chi connectivity index (χ0n) is 17.2. The van der Waals surface area contributed by atoms with Gasteiger partial charge in [0.05, 0.1) is 28.9 Å². The average Bonchev–Trinajstić information content (AvgIpc) is 3.43. The number of anilines is 1. The third kappa shape index (κ3) is 3.96. The molecule has 0 aliphatic rings. The van der Waals surface area contributed by atoms with Gasteiger partial charge < -0.3 is 15.0 Å². The molecule has 0 spiro atoms. The van der Waals surface area contributed by atoms with Crippen molar-refractivity contribution in [3.8, 4) is 23.1 Å². The maximum Gasteiger partial charge on any atom is 0.258 e. The van der Waals surface area contributed by atoms with E-state index in [4.69, 9.17) is 21.3 Å². The Hall–Kier alpha value is -3.69. The minimum atomic E-state index is -0.300. The smallest absolute Gasteiger partial charge is 0.258 e. The number of nitrogens with one attached hydrogen (secondary N) is 2. The first kappa shape index (κ1) is 21.2. The SMILES string of the molecule is COc1ccccc1NC(=O)c1cccc2[nH]c(-c3cc(Br)nn3-c3ncccc3Cl)nc12. The van der Waals surface area contributed by atoms with Crippen LogP contribution in [0, 0.1) is 0 Å². The number of aromatic nitrogens is 5. The zero-order chi connectivity index (χ0) is 22.9. The van der Waals surface area contributed by atoms with Crippen LogP contribution in [0.2, 0.25) is 5.02 Å². The molecule has 10 heteroatoms. The number of carbonyl (C=O) groups is 1. The van der Waals surface area contributed by atoms with Crippen molar-refractivity contribution in [1.82, 2.24) is 24.7 Å². The summed E-state index contributed by atoms with van der Waals surface area (Å²) in [6.45, 7) is 0. The van der Waals surface area contributed by atoms with Crippen molar-refractivity contribution < 1.29 is 9.53 Å². The number of rotatable bonds is 5. The van der Waals surface area contributed by atoms with Crippen LogP contribution in [0.1, 0.15) is 10.4 Å². The Kier molecular flexibility index (Phi) is 5.57. The van der Waals surface area contributed by atoms with Gasteiger partial charge in [-0.05, 0) is 52.3 Å². The van der Waals surface area contributed by atoms with Crippen molar-refractivity contribution in [2.75, 3.05) is 12.4 Å². The van der Waals surface area contributed by atoms with Crippen molar-refractivity contribution in [2.24, 2.45) is 0 Å². The molecule has 0 unspecified atom stereocenters. The van der Waals surface area contributed by atoms with Gasteiger partial charge in [0.1, 0.15) is 21.6 Å². The Morgan fingerprint density at radius 1 is 1.15 bits per heavy atom. The van der Waals surface area contributed by atoms with E-state index >= 15 is 0 Å². The number of hydrogen-bond acceptors (Lipinski definition) is 5. The predicted octanol–water partition coefficient (Wildman–Crippen LogP) is 5.49. The molecular weight excluding hydrogens is 508 g/mol. The Labute approximate surface area is 201 Å². The fraction of sp³-hybridized carbons (Fsp3) is 0.0435. The second kappa shape index (κ2) is 8.68. The lowest BCUT2D eigenvalue weighted by Gasteiger charge is -2.10. The van der Waals surface area contributed by atoms with E-state index in [-0.39, 0.29) is 5.91 Å². The van der Waals surface area contributed by atoms with Crippen LogP contribution in [0.3, 0.4) is 0 Å².